The number of rotatable bonds is 6. The van der Waals surface area contributed by atoms with E-state index in [0.717, 1.165) is 43.1 Å². The Morgan fingerprint density at radius 3 is 2.48 bits per heavy atom. The zero-order valence-electron chi connectivity index (χ0n) is 14.9. The summed E-state index contributed by atoms with van der Waals surface area (Å²) in [6, 6.07) is 7.84. The lowest BCUT2D eigenvalue weighted by Crippen LogP contribution is -2.28. The minimum absolute atomic E-state index is 0.189. The summed E-state index contributed by atoms with van der Waals surface area (Å²) in [4.78, 5) is 19.8. The molecule has 0 aliphatic carbocycles. The van der Waals surface area contributed by atoms with E-state index in [1.165, 1.54) is 12.2 Å². The van der Waals surface area contributed by atoms with Crippen molar-refractivity contribution >= 4 is 11.7 Å². The number of hydroxylamine groups is 2. The molecule has 0 radical (unpaired) electrons. The number of nitrogens with zero attached hydrogens (tertiary/aromatic N) is 4. The standard InChI is InChI=1S/C18H24N4O3/c1-20(25-3)18(23)16-13-22(19-17(16)21-10-4-5-11-21)12-14-6-8-15(24-2)9-7-14/h6-9,13H,4-5,10-12H2,1-3H3. The first-order valence-corrected chi connectivity index (χ1v) is 8.40. The van der Waals surface area contributed by atoms with Gasteiger partial charge >= 0.3 is 0 Å². The molecule has 1 saturated heterocycles. The number of amides is 1. The van der Waals surface area contributed by atoms with Crippen molar-refractivity contribution in [2.24, 2.45) is 0 Å². The Hall–Kier alpha value is -2.54. The number of aromatic nitrogens is 2. The molecule has 0 saturated carbocycles. The van der Waals surface area contributed by atoms with Crippen molar-refractivity contribution in [3.05, 3.63) is 41.6 Å². The average molecular weight is 344 g/mol. The lowest BCUT2D eigenvalue weighted by molar-refractivity contribution is -0.0756. The maximum atomic E-state index is 12.6. The predicted molar refractivity (Wildman–Crippen MR) is 94.9 cm³/mol. The van der Waals surface area contributed by atoms with Gasteiger partial charge in [0, 0.05) is 26.3 Å². The second kappa shape index (κ2) is 7.57. The Morgan fingerprint density at radius 2 is 1.88 bits per heavy atom. The fourth-order valence-electron chi connectivity index (χ4n) is 2.98. The molecular weight excluding hydrogens is 320 g/mol. The Bertz CT molecular complexity index is 720. The third-order valence-electron chi connectivity index (χ3n) is 4.44. The van der Waals surface area contributed by atoms with Crippen molar-refractivity contribution in [2.45, 2.75) is 19.4 Å². The normalized spacial score (nSPS) is 14.0. The monoisotopic (exact) mass is 344 g/mol. The molecule has 0 atom stereocenters. The van der Waals surface area contributed by atoms with E-state index in [4.69, 9.17) is 9.57 Å². The van der Waals surface area contributed by atoms with E-state index >= 15 is 0 Å². The Labute approximate surface area is 147 Å². The van der Waals surface area contributed by atoms with Gasteiger partial charge in [-0.25, -0.2) is 5.06 Å². The van der Waals surface area contributed by atoms with Gasteiger partial charge in [-0.15, -0.1) is 0 Å². The second-order valence-electron chi connectivity index (χ2n) is 6.09. The number of anilines is 1. The fourth-order valence-corrected chi connectivity index (χ4v) is 2.98. The van der Waals surface area contributed by atoms with Crippen LogP contribution < -0.4 is 9.64 Å². The van der Waals surface area contributed by atoms with Crippen LogP contribution in [-0.4, -0.2) is 55.1 Å². The SMILES string of the molecule is COc1ccc(Cn2cc(C(=O)N(C)OC)c(N3CCCC3)n2)cc1. The Morgan fingerprint density at radius 1 is 1.20 bits per heavy atom. The molecule has 134 valence electrons. The third kappa shape index (κ3) is 3.76. The molecule has 7 heteroatoms. The number of benzene rings is 1. The van der Waals surface area contributed by atoms with Crippen molar-refractivity contribution in [1.29, 1.82) is 0 Å². The minimum atomic E-state index is -0.189. The first kappa shape index (κ1) is 17.3. The Kier molecular flexibility index (Phi) is 5.23. The van der Waals surface area contributed by atoms with E-state index in [1.54, 1.807) is 20.4 Å². The smallest absolute Gasteiger partial charge is 0.282 e. The number of carbonyl (C=O) groups excluding carboxylic acids is 1. The molecule has 1 aromatic heterocycles. The van der Waals surface area contributed by atoms with Gasteiger partial charge in [0.1, 0.15) is 11.3 Å². The molecule has 2 aromatic rings. The number of carbonyl (C=O) groups is 1. The van der Waals surface area contributed by atoms with Crippen molar-refractivity contribution < 1.29 is 14.4 Å². The molecule has 7 nitrogen and oxygen atoms in total. The number of hydrogen-bond donors (Lipinski definition) is 0. The molecule has 25 heavy (non-hydrogen) atoms. The van der Waals surface area contributed by atoms with E-state index in [1.807, 2.05) is 28.9 Å². The fraction of sp³-hybridized carbons (Fsp3) is 0.444. The molecule has 0 unspecified atom stereocenters. The highest BCUT2D eigenvalue weighted by Gasteiger charge is 2.25. The number of ether oxygens (including phenoxy) is 1. The van der Waals surface area contributed by atoms with Crippen molar-refractivity contribution in [3.63, 3.8) is 0 Å². The minimum Gasteiger partial charge on any atom is -0.497 e. The Balaban J connectivity index is 1.87. The molecular formula is C18H24N4O3. The zero-order chi connectivity index (χ0) is 17.8. The highest BCUT2D eigenvalue weighted by atomic mass is 16.7. The van der Waals surface area contributed by atoms with Gasteiger partial charge in [-0.05, 0) is 30.5 Å². The molecule has 2 heterocycles. The number of hydrogen-bond acceptors (Lipinski definition) is 5. The van der Waals surface area contributed by atoms with Gasteiger partial charge in [-0.2, -0.15) is 5.10 Å². The van der Waals surface area contributed by atoms with E-state index in [-0.39, 0.29) is 5.91 Å². The van der Waals surface area contributed by atoms with Gasteiger partial charge < -0.3 is 9.64 Å². The van der Waals surface area contributed by atoms with Gasteiger partial charge in [0.05, 0.1) is 20.8 Å². The maximum Gasteiger partial charge on any atom is 0.282 e. The van der Waals surface area contributed by atoms with Gasteiger partial charge in [-0.3, -0.25) is 14.3 Å². The van der Waals surface area contributed by atoms with Crippen molar-refractivity contribution in [3.8, 4) is 5.75 Å². The van der Waals surface area contributed by atoms with Crippen LogP contribution in [0.3, 0.4) is 0 Å². The summed E-state index contributed by atoms with van der Waals surface area (Å²) in [5, 5.41) is 5.91. The molecule has 1 fully saturated rings. The highest BCUT2D eigenvalue weighted by molar-refractivity contribution is 5.98. The maximum absolute atomic E-state index is 12.6. The summed E-state index contributed by atoms with van der Waals surface area (Å²) in [7, 11) is 4.74. The van der Waals surface area contributed by atoms with Crippen LogP contribution in [0, 0.1) is 0 Å². The average Bonchev–Trinajstić information content (AvgIpc) is 3.30. The topological polar surface area (TPSA) is 59.8 Å². The number of methoxy groups -OCH3 is 1. The van der Waals surface area contributed by atoms with E-state index < -0.39 is 0 Å². The first-order valence-electron chi connectivity index (χ1n) is 8.40. The van der Waals surface area contributed by atoms with Crippen LogP contribution in [0.15, 0.2) is 30.5 Å². The van der Waals surface area contributed by atoms with Crippen molar-refractivity contribution in [2.75, 3.05) is 39.3 Å². The van der Waals surface area contributed by atoms with Crippen LogP contribution in [0.1, 0.15) is 28.8 Å². The quantitative estimate of drug-likeness (QED) is 0.752. The molecule has 1 aromatic carbocycles. The summed E-state index contributed by atoms with van der Waals surface area (Å²) in [6.07, 6.45) is 4.05. The highest BCUT2D eigenvalue weighted by Crippen LogP contribution is 2.24. The van der Waals surface area contributed by atoms with E-state index in [0.29, 0.717) is 12.1 Å². The van der Waals surface area contributed by atoms with Crippen LogP contribution in [0.4, 0.5) is 5.82 Å². The van der Waals surface area contributed by atoms with Gasteiger partial charge in [0.15, 0.2) is 5.82 Å². The summed E-state index contributed by atoms with van der Waals surface area (Å²) in [5.74, 6) is 1.37. The van der Waals surface area contributed by atoms with Gasteiger partial charge in [-0.1, -0.05) is 12.1 Å². The van der Waals surface area contributed by atoms with Crippen LogP contribution in [-0.2, 0) is 11.4 Å². The summed E-state index contributed by atoms with van der Waals surface area (Å²) in [5.41, 5.74) is 1.66. The molecule has 0 spiro atoms. The molecule has 0 N–H and O–H groups in total. The van der Waals surface area contributed by atoms with Gasteiger partial charge in [0.25, 0.3) is 5.91 Å². The second-order valence-corrected chi connectivity index (χ2v) is 6.09. The molecule has 1 aliphatic heterocycles. The predicted octanol–water partition coefficient (Wildman–Crippen LogP) is 2.17. The summed E-state index contributed by atoms with van der Waals surface area (Å²) < 4.78 is 7.00. The third-order valence-corrected chi connectivity index (χ3v) is 4.44. The van der Waals surface area contributed by atoms with Crippen LogP contribution >= 0.6 is 0 Å². The van der Waals surface area contributed by atoms with Crippen LogP contribution in [0.2, 0.25) is 0 Å². The molecule has 3 rings (SSSR count). The van der Waals surface area contributed by atoms with Gasteiger partial charge in [0.2, 0.25) is 0 Å². The molecule has 0 bridgehead atoms. The summed E-state index contributed by atoms with van der Waals surface area (Å²) >= 11 is 0. The molecule has 1 aliphatic rings. The van der Waals surface area contributed by atoms with E-state index in [2.05, 4.69) is 10.00 Å². The summed E-state index contributed by atoms with van der Waals surface area (Å²) in [6.45, 7) is 2.45. The van der Waals surface area contributed by atoms with Crippen LogP contribution in [0.5, 0.6) is 5.75 Å². The van der Waals surface area contributed by atoms with E-state index in [9.17, 15) is 4.79 Å². The lowest BCUT2D eigenvalue weighted by atomic mass is 10.2. The first-order chi connectivity index (χ1) is 12.1. The lowest BCUT2D eigenvalue weighted by Gasteiger charge is -2.18. The molecule has 1 amide bonds. The largest absolute Gasteiger partial charge is 0.497 e. The van der Waals surface area contributed by atoms with Crippen molar-refractivity contribution in [1.82, 2.24) is 14.8 Å². The zero-order valence-corrected chi connectivity index (χ0v) is 14.9. The van der Waals surface area contributed by atoms with Crippen LogP contribution in [0.25, 0.3) is 0 Å².